The Bertz CT molecular complexity index is 1370. The van der Waals surface area contributed by atoms with Crippen molar-refractivity contribution in [3.8, 4) is 17.2 Å². The van der Waals surface area contributed by atoms with Gasteiger partial charge in [-0.15, -0.1) is 0 Å². The van der Waals surface area contributed by atoms with Gasteiger partial charge < -0.3 is 14.0 Å². The summed E-state index contributed by atoms with van der Waals surface area (Å²) in [5.74, 6) is 0.699. The molecule has 3 aromatic carbocycles. The lowest BCUT2D eigenvalue weighted by Gasteiger charge is -2.13. The van der Waals surface area contributed by atoms with E-state index in [-0.39, 0.29) is 12.5 Å². The van der Waals surface area contributed by atoms with Crippen molar-refractivity contribution in [2.24, 2.45) is 5.10 Å². The van der Waals surface area contributed by atoms with E-state index < -0.39 is 0 Å². The number of hydrogen-bond acceptors (Lipinski definition) is 4. The van der Waals surface area contributed by atoms with Gasteiger partial charge in [0.15, 0.2) is 11.5 Å². The first kappa shape index (κ1) is 24.9. The van der Waals surface area contributed by atoms with Gasteiger partial charge in [0.05, 0.1) is 24.6 Å². The molecule has 0 aliphatic rings. The summed E-state index contributed by atoms with van der Waals surface area (Å²) in [7, 11) is 1.55. The molecule has 6 nitrogen and oxygen atoms in total. The normalized spacial score (nSPS) is 11.0. The molecule has 0 aliphatic carbocycles. The first-order chi connectivity index (χ1) is 17.0. The lowest BCUT2D eigenvalue weighted by atomic mass is 10.1. The number of halogens is 3. The highest BCUT2D eigenvalue weighted by Crippen LogP contribution is 2.34. The molecule has 1 amide bonds. The SMILES string of the molecule is COc1cc(/C=N\NC(=O)c2ccccc2-n2cccc2)c(Br)cc1OCc1ccc(Cl)cc1Cl. The highest BCUT2D eigenvalue weighted by Gasteiger charge is 2.13. The molecular formula is C26H20BrCl2N3O3. The maximum atomic E-state index is 12.8. The maximum absolute atomic E-state index is 12.8. The van der Waals surface area contributed by atoms with Gasteiger partial charge in [0.1, 0.15) is 6.61 Å². The quantitative estimate of drug-likeness (QED) is 0.184. The fraction of sp³-hybridized carbons (Fsp3) is 0.0769. The molecule has 1 aromatic heterocycles. The number of carbonyl (C=O) groups is 1. The van der Waals surface area contributed by atoms with Crippen LogP contribution in [0.5, 0.6) is 11.5 Å². The summed E-state index contributed by atoms with van der Waals surface area (Å²) >= 11 is 15.7. The van der Waals surface area contributed by atoms with E-state index in [1.54, 1.807) is 37.4 Å². The molecule has 0 fully saturated rings. The Kier molecular flexibility index (Phi) is 8.13. The minimum absolute atomic E-state index is 0.239. The van der Waals surface area contributed by atoms with Gasteiger partial charge in [-0.3, -0.25) is 4.79 Å². The van der Waals surface area contributed by atoms with Crippen LogP contribution in [0.4, 0.5) is 0 Å². The summed E-state index contributed by atoms with van der Waals surface area (Å²) in [6, 6.07) is 19.9. The van der Waals surface area contributed by atoms with E-state index in [2.05, 4.69) is 26.5 Å². The van der Waals surface area contributed by atoms with Crippen LogP contribution in [-0.4, -0.2) is 23.8 Å². The molecule has 0 spiro atoms. The smallest absolute Gasteiger partial charge is 0.273 e. The molecule has 0 unspecified atom stereocenters. The van der Waals surface area contributed by atoms with E-state index in [0.717, 1.165) is 11.3 Å². The van der Waals surface area contributed by atoms with Gasteiger partial charge in [0, 0.05) is 38.0 Å². The molecular weight excluding hydrogens is 553 g/mol. The first-order valence-corrected chi connectivity index (χ1v) is 12.0. The van der Waals surface area contributed by atoms with Gasteiger partial charge in [-0.05, 0) is 64.5 Å². The van der Waals surface area contributed by atoms with Crippen LogP contribution in [0.1, 0.15) is 21.5 Å². The molecule has 178 valence electrons. The van der Waals surface area contributed by atoms with E-state index in [0.29, 0.717) is 37.1 Å². The van der Waals surface area contributed by atoms with Gasteiger partial charge in [-0.2, -0.15) is 5.10 Å². The second-order valence-corrected chi connectivity index (χ2v) is 9.05. The predicted octanol–water partition coefficient (Wildman–Crippen LogP) is 6.90. The van der Waals surface area contributed by atoms with Crippen LogP contribution in [0.3, 0.4) is 0 Å². The Morgan fingerprint density at radius 2 is 1.83 bits per heavy atom. The summed E-state index contributed by atoms with van der Waals surface area (Å²) in [4.78, 5) is 12.8. The number of methoxy groups -OCH3 is 1. The van der Waals surface area contributed by atoms with Crippen LogP contribution in [0.15, 0.2) is 88.7 Å². The summed E-state index contributed by atoms with van der Waals surface area (Å²) in [6.45, 7) is 0.239. The number of hydrazone groups is 1. The number of nitrogens with one attached hydrogen (secondary N) is 1. The number of hydrogen-bond donors (Lipinski definition) is 1. The summed E-state index contributed by atoms with van der Waals surface area (Å²) < 4.78 is 14.0. The minimum Gasteiger partial charge on any atom is -0.493 e. The van der Waals surface area contributed by atoms with Crippen LogP contribution in [-0.2, 0) is 6.61 Å². The van der Waals surface area contributed by atoms with Crippen LogP contribution in [0.25, 0.3) is 5.69 Å². The number of ether oxygens (including phenoxy) is 2. The van der Waals surface area contributed by atoms with E-state index in [1.807, 2.05) is 53.4 Å². The second-order valence-electron chi connectivity index (χ2n) is 7.36. The molecule has 4 rings (SSSR count). The molecule has 0 aliphatic heterocycles. The molecule has 1 heterocycles. The van der Waals surface area contributed by atoms with Gasteiger partial charge in [-0.25, -0.2) is 5.43 Å². The summed E-state index contributed by atoms with van der Waals surface area (Å²) in [5.41, 5.74) is 5.33. The Balaban J connectivity index is 1.47. The molecule has 9 heteroatoms. The van der Waals surface area contributed by atoms with Gasteiger partial charge in [0.2, 0.25) is 0 Å². The first-order valence-electron chi connectivity index (χ1n) is 10.5. The van der Waals surface area contributed by atoms with Crippen molar-refractivity contribution in [3.63, 3.8) is 0 Å². The van der Waals surface area contributed by atoms with E-state index >= 15 is 0 Å². The van der Waals surface area contributed by atoms with Crippen molar-refractivity contribution < 1.29 is 14.3 Å². The summed E-state index contributed by atoms with van der Waals surface area (Å²) in [6.07, 6.45) is 5.29. The van der Waals surface area contributed by atoms with Crippen LogP contribution in [0, 0.1) is 0 Å². The number of nitrogens with zero attached hydrogens (tertiary/aromatic N) is 2. The van der Waals surface area contributed by atoms with E-state index in [9.17, 15) is 4.79 Å². The lowest BCUT2D eigenvalue weighted by Crippen LogP contribution is -2.19. The Hall–Kier alpha value is -3.26. The summed E-state index contributed by atoms with van der Waals surface area (Å²) in [5, 5.41) is 5.21. The molecule has 0 atom stereocenters. The molecule has 4 aromatic rings. The fourth-order valence-corrected chi connectivity index (χ4v) is 4.21. The number of aromatic nitrogens is 1. The van der Waals surface area contributed by atoms with E-state index in [1.165, 1.54) is 6.21 Å². The molecule has 35 heavy (non-hydrogen) atoms. The van der Waals surface area contributed by atoms with Crippen molar-refractivity contribution in [2.45, 2.75) is 6.61 Å². The van der Waals surface area contributed by atoms with Gasteiger partial charge in [0.25, 0.3) is 5.91 Å². The molecule has 1 N–H and O–H groups in total. The topological polar surface area (TPSA) is 64.8 Å². The zero-order valence-corrected chi connectivity index (χ0v) is 21.6. The average Bonchev–Trinajstić information content (AvgIpc) is 3.39. The predicted molar refractivity (Wildman–Crippen MR) is 142 cm³/mol. The molecule has 0 bridgehead atoms. The van der Waals surface area contributed by atoms with Crippen molar-refractivity contribution in [3.05, 3.63) is 110 Å². The van der Waals surface area contributed by atoms with E-state index in [4.69, 9.17) is 32.7 Å². The molecule has 0 saturated carbocycles. The highest BCUT2D eigenvalue weighted by atomic mass is 79.9. The van der Waals surface area contributed by atoms with Crippen molar-refractivity contribution in [2.75, 3.05) is 7.11 Å². The number of carbonyl (C=O) groups excluding carboxylic acids is 1. The number of rotatable bonds is 8. The number of amides is 1. The Morgan fingerprint density at radius 3 is 2.57 bits per heavy atom. The third-order valence-corrected chi connectivity index (χ3v) is 6.36. The van der Waals surface area contributed by atoms with Crippen molar-refractivity contribution in [1.29, 1.82) is 0 Å². The van der Waals surface area contributed by atoms with Gasteiger partial charge in [-0.1, -0.05) is 41.4 Å². The number of benzene rings is 3. The number of para-hydroxylation sites is 1. The third-order valence-electron chi connectivity index (χ3n) is 5.08. The van der Waals surface area contributed by atoms with Gasteiger partial charge >= 0.3 is 0 Å². The van der Waals surface area contributed by atoms with Crippen molar-refractivity contribution in [1.82, 2.24) is 9.99 Å². The lowest BCUT2D eigenvalue weighted by molar-refractivity contribution is 0.0955. The zero-order chi connectivity index (χ0) is 24.8. The standard InChI is InChI=1S/C26H20BrCl2N3O3/c1-34-24-12-18(21(27)14-25(24)35-16-17-8-9-19(28)13-22(17)29)15-30-31-26(33)20-6-2-3-7-23(20)32-10-4-5-11-32/h2-15H,16H2,1H3,(H,31,33)/b30-15-. The second kappa shape index (κ2) is 11.4. The highest BCUT2D eigenvalue weighted by molar-refractivity contribution is 9.10. The van der Waals surface area contributed by atoms with Crippen LogP contribution in [0.2, 0.25) is 10.0 Å². The monoisotopic (exact) mass is 571 g/mol. The third kappa shape index (κ3) is 6.06. The Morgan fingerprint density at radius 1 is 1.06 bits per heavy atom. The van der Waals surface area contributed by atoms with Crippen LogP contribution < -0.4 is 14.9 Å². The van der Waals surface area contributed by atoms with Crippen molar-refractivity contribution >= 4 is 51.3 Å². The van der Waals surface area contributed by atoms with Crippen LogP contribution >= 0.6 is 39.1 Å². The maximum Gasteiger partial charge on any atom is 0.273 e. The molecule has 0 saturated heterocycles. The minimum atomic E-state index is -0.326. The average molecular weight is 573 g/mol. The Labute approximate surface area is 221 Å². The fourth-order valence-electron chi connectivity index (χ4n) is 3.32. The zero-order valence-electron chi connectivity index (χ0n) is 18.5. The molecule has 0 radical (unpaired) electrons. The largest absolute Gasteiger partial charge is 0.493 e.